The van der Waals surface area contributed by atoms with Crippen molar-refractivity contribution in [3.05, 3.63) is 24.3 Å². The van der Waals surface area contributed by atoms with Crippen LogP contribution >= 0.6 is 12.4 Å². The molecule has 0 aliphatic carbocycles. The van der Waals surface area contributed by atoms with Gasteiger partial charge in [0.2, 0.25) is 15.9 Å². The number of carbonyl (C=O) groups is 1. The van der Waals surface area contributed by atoms with Gasteiger partial charge in [-0.2, -0.15) is 0 Å². The molecule has 2 aliphatic heterocycles. The third-order valence-corrected chi connectivity index (χ3v) is 5.73. The summed E-state index contributed by atoms with van der Waals surface area (Å²) in [5.74, 6) is 0.100. The molecule has 0 bridgehead atoms. The minimum Gasteiger partial charge on any atom is -0.317 e. The second-order valence-electron chi connectivity index (χ2n) is 5.79. The molecule has 0 radical (unpaired) electrons. The number of anilines is 1. The molecule has 0 spiro atoms. The van der Waals surface area contributed by atoms with Gasteiger partial charge in [-0.15, -0.1) is 12.4 Å². The van der Waals surface area contributed by atoms with Gasteiger partial charge in [0.1, 0.15) is 0 Å². The van der Waals surface area contributed by atoms with Crippen molar-refractivity contribution in [2.75, 3.05) is 24.5 Å². The molecule has 8 heteroatoms. The van der Waals surface area contributed by atoms with Gasteiger partial charge in [0.25, 0.3) is 0 Å². The number of sulfonamides is 1. The predicted octanol–water partition coefficient (Wildman–Crippen LogP) is 1.27. The van der Waals surface area contributed by atoms with Crippen molar-refractivity contribution in [1.82, 2.24) is 10.0 Å². The average molecular weight is 360 g/mol. The summed E-state index contributed by atoms with van der Waals surface area (Å²) in [6.45, 7) is 2.38. The maximum absolute atomic E-state index is 12.4. The minimum atomic E-state index is -3.49. The summed E-state index contributed by atoms with van der Waals surface area (Å²) in [6.07, 6.45) is 3.03. The van der Waals surface area contributed by atoms with Crippen LogP contribution in [0.4, 0.5) is 5.69 Å². The Balaban J connectivity index is 0.00000192. The summed E-state index contributed by atoms with van der Waals surface area (Å²) in [5.41, 5.74) is 0.767. The van der Waals surface area contributed by atoms with E-state index in [2.05, 4.69) is 10.0 Å². The lowest BCUT2D eigenvalue weighted by Crippen LogP contribution is -2.42. The molecule has 6 nitrogen and oxygen atoms in total. The Kier molecular flexibility index (Phi) is 6.02. The number of halogens is 1. The van der Waals surface area contributed by atoms with E-state index in [0.29, 0.717) is 13.0 Å². The zero-order valence-corrected chi connectivity index (χ0v) is 14.5. The second-order valence-corrected chi connectivity index (χ2v) is 7.50. The number of hydrogen-bond acceptors (Lipinski definition) is 4. The van der Waals surface area contributed by atoms with Crippen LogP contribution in [-0.2, 0) is 14.8 Å². The van der Waals surface area contributed by atoms with Crippen LogP contribution in [0.3, 0.4) is 0 Å². The van der Waals surface area contributed by atoms with E-state index in [1.807, 2.05) is 0 Å². The van der Waals surface area contributed by atoms with E-state index >= 15 is 0 Å². The minimum absolute atomic E-state index is 0. The van der Waals surface area contributed by atoms with E-state index in [-0.39, 0.29) is 29.3 Å². The van der Waals surface area contributed by atoms with E-state index in [1.165, 1.54) is 0 Å². The van der Waals surface area contributed by atoms with Gasteiger partial charge in [-0.1, -0.05) is 0 Å². The standard InChI is InChI=1S/C15H21N3O3S.ClH/c19-15-2-1-11-18(15)13-3-5-14(6-4-13)22(20,21)17-12-7-9-16-10-8-12;/h3-6,12,16-17H,1-2,7-11H2;1H. The zero-order valence-electron chi connectivity index (χ0n) is 12.8. The molecule has 2 N–H and O–H groups in total. The summed E-state index contributed by atoms with van der Waals surface area (Å²) < 4.78 is 27.5. The Hall–Kier alpha value is -1.15. The summed E-state index contributed by atoms with van der Waals surface area (Å²) in [5, 5.41) is 3.21. The van der Waals surface area contributed by atoms with Crippen LogP contribution in [0.2, 0.25) is 0 Å². The van der Waals surface area contributed by atoms with Crippen LogP contribution < -0.4 is 14.9 Å². The molecule has 0 aromatic heterocycles. The Morgan fingerprint density at radius 1 is 1.13 bits per heavy atom. The Morgan fingerprint density at radius 2 is 1.78 bits per heavy atom. The summed E-state index contributed by atoms with van der Waals surface area (Å²) in [4.78, 5) is 13.7. The van der Waals surface area contributed by atoms with Crippen molar-refractivity contribution in [2.24, 2.45) is 0 Å². The molecule has 0 unspecified atom stereocenters. The number of amides is 1. The predicted molar refractivity (Wildman–Crippen MR) is 91.5 cm³/mol. The van der Waals surface area contributed by atoms with Crippen LogP contribution in [0.1, 0.15) is 25.7 Å². The Morgan fingerprint density at radius 3 is 2.35 bits per heavy atom. The van der Waals surface area contributed by atoms with Crippen LogP contribution in [0.5, 0.6) is 0 Å². The fourth-order valence-electron chi connectivity index (χ4n) is 2.95. The molecular weight excluding hydrogens is 338 g/mol. The molecule has 2 fully saturated rings. The summed E-state index contributed by atoms with van der Waals surface area (Å²) in [7, 11) is -3.49. The smallest absolute Gasteiger partial charge is 0.240 e. The quantitative estimate of drug-likeness (QED) is 0.848. The zero-order chi connectivity index (χ0) is 15.6. The monoisotopic (exact) mass is 359 g/mol. The van der Waals surface area contributed by atoms with Gasteiger partial charge in [-0.05, 0) is 56.6 Å². The first-order chi connectivity index (χ1) is 10.6. The molecule has 2 heterocycles. The molecule has 0 saturated carbocycles. The number of nitrogens with one attached hydrogen (secondary N) is 2. The van der Waals surface area contributed by atoms with E-state index < -0.39 is 10.0 Å². The maximum atomic E-state index is 12.4. The van der Waals surface area contributed by atoms with Crippen molar-refractivity contribution in [3.63, 3.8) is 0 Å². The Bertz CT molecular complexity index is 642. The third kappa shape index (κ3) is 4.23. The summed E-state index contributed by atoms with van der Waals surface area (Å²) >= 11 is 0. The van der Waals surface area contributed by atoms with Crippen molar-refractivity contribution < 1.29 is 13.2 Å². The highest BCUT2D eigenvalue weighted by atomic mass is 35.5. The van der Waals surface area contributed by atoms with Gasteiger partial charge in [0.05, 0.1) is 4.90 Å². The fourth-order valence-corrected chi connectivity index (χ4v) is 4.26. The molecule has 2 saturated heterocycles. The first-order valence-electron chi connectivity index (χ1n) is 7.70. The van der Waals surface area contributed by atoms with Gasteiger partial charge >= 0.3 is 0 Å². The highest BCUT2D eigenvalue weighted by Gasteiger charge is 2.24. The first-order valence-corrected chi connectivity index (χ1v) is 9.18. The van der Waals surface area contributed by atoms with Crippen LogP contribution in [0.25, 0.3) is 0 Å². The summed E-state index contributed by atoms with van der Waals surface area (Å²) in [6, 6.07) is 6.56. The van der Waals surface area contributed by atoms with Gasteiger partial charge in [0, 0.05) is 24.7 Å². The molecule has 2 aliphatic rings. The molecule has 3 rings (SSSR count). The van der Waals surface area contributed by atoms with Crippen LogP contribution in [0.15, 0.2) is 29.2 Å². The lowest BCUT2D eigenvalue weighted by molar-refractivity contribution is -0.117. The fraction of sp³-hybridized carbons (Fsp3) is 0.533. The lowest BCUT2D eigenvalue weighted by atomic mass is 10.1. The molecule has 128 valence electrons. The molecule has 0 atom stereocenters. The number of nitrogens with zero attached hydrogens (tertiary/aromatic N) is 1. The molecule has 1 aromatic carbocycles. The highest BCUT2D eigenvalue weighted by Crippen LogP contribution is 2.23. The second kappa shape index (κ2) is 7.61. The molecular formula is C15H22ClN3O3S. The Labute approximate surface area is 143 Å². The first kappa shape index (κ1) is 18.2. The number of benzene rings is 1. The van der Waals surface area contributed by atoms with Gasteiger partial charge in [0.15, 0.2) is 0 Å². The van der Waals surface area contributed by atoms with Gasteiger partial charge in [-0.3, -0.25) is 4.79 Å². The van der Waals surface area contributed by atoms with Gasteiger partial charge < -0.3 is 10.2 Å². The number of carbonyl (C=O) groups excluding carboxylic acids is 1. The van der Waals surface area contributed by atoms with E-state index in [1.54, 1.807) is 29.2 Å². The van der Waals surface area contributed by atoms with Crippen LogP contribution in [-0.4, -0.2) is 40.0 Å². The lowest BCUT2D eigenvalue weighted by Gasteiger charge is -2.23. The number of rotatable bonds is 4. The van der Waals surface area contributed by atoms with Crippen LogP contribution in [0, 0.1) is 0 Å². The largest absolute Gasteiger partial charge is 0.317 e. The third-order valence-electron chi connectivity index (χ3n) is 4.19. The van der Waals surface area contributed by atoms with Crippen molar-refractivity contribution in [1.29, 1.82) is 0 Å². The SMILES string of the molecule is Cl.O=C1CCCN1c1ccc(S(=O)(=O)NC2CCNCC2)cc1. The van der Waals surface area contributed by atoms with E-state index in [0.717, 1.165) is 38.0 Å². The molecule has 23 heavy (non-hydrogen) atoms. The van der Waals surface area contributed by atoms with Crippen molar-refractivity contribution >= 4 is 34.0 Å². The normalized spacial score (nSPS) is 19.7. The van der Waals surface area contributed by atoms with E-state index in [9.17, 15) is 13.2 Å². The topological polar surface area (TPSA) is 78.5 Å². The highest BCUT2D eigenvalue weighted by molar-refractivity contribution is 7.89. The number of piperidine rings is 1. The molecule has 1 aromatic rings. The number of hydrogen-bond donors (Lipinski definition) is 2. The van der Waals surface area contributed by atoms with Gasteiger partial charge in [-0.25, -0.2) is 13.1 Å². The maximum Gasteiger partial charge on any atom is 0.240 e. The van der Waals surface area contributed by atoms with Crippen molar-refractivity contribution in [3.8, 4) is 0 Å². The van der Waals surface area contributed by atoms with Crippen molar-refractivity contribution in [2.45, 2.75) is 36.6 Å². The average Bonchev–Trinajstić information content (AvgIpc) is 2.94. The van der Waals surface area contributed by atoms with E-state index in [4.69, 9.17) is 0 Å². The molecule has 1 amide bonds.